The lowest BCUT2D eigenvalue weighted by molar-refractivity contribution is -0.137. The molecule has 32 heteroatoms. The van der Waals surface area contributed by atoms with E-state index in [1.807, 2.05) is 0 Å². The number of ketones is 4. The van der Waals surface area contributed by atoms with Crippen LogP contribution in [0.4, 0.5) is 0 Å². The summed E-state index contributed by atoms with van der Waals surface area (Å²) in [4.78, 5) is 126. The molecule has 29 N–H and O–H groups in total. The number of unbranched alkanes of at least 4 members (excludes halogenated alkanes) is 13. The average molecular weight is 1350 g/mol. The Morgan fingerprint density at radius 2 is 0.642 bits per heavy atom. The minimum Gasteiger partial charge on any atom is -0.396 e. The summed E-state index contributed by atoms with van der Waals surface area (Å²) < 4.78 is 0. The Morgan fingerprint density at radius 3 is 0.979 bits per heavy atom. The zero-order chi connectivity index (χ0) is 71.3. The first-order valence-corrected chi connectivity index (χ1v) is 34.2. The number of carbonyl (C=O) groups excluding carboxylic acids is 9. The number of guanidine groups is 5. The molecule has 5 amide bonds. The van der Waals surface area contributed by atoms with Crippen molar-refractivity contribution in [3.8, 4) is 0 Å². The third-order valence-corrected chi connectivity index (χ3v) is 16.3. The third-order valence-electron chi connectivity index (χ3n) is 16.3. The van der Waals surface area contributed by atoms with Crippen LogP contribution in [0.25, 0.3) is 0 Å². The van der Waals surface area contributed by atoms with Crippen LogP contribution in [-0.4, -0.2) is 176 Å². The van der Waals surface area contributed by atoms with E-state index in [1.54, 1.807) is 0 Å². The molecule has 0 aliphatic carbocycles. The normalized spacial score (nSPS) is 13.5. The molecule has 0 aromatic rings. The molecule has 0 aliphatic heterocycles. The fraction of sp³-hybridized carbons (Fsp3) is 0.778. The molecule has 95 heavy (non-hydrogen) atoms. The number of Topliss-reactive ketones (excluding diaryl/α,β-unsaturated/α-hetero) is 4. The highest BCUT2D eigenvalue weighted by molar-refractivity contribution is 5.98. The van der Waals surface area contributed by atoms with E-state index in [0.717, 1.165) is 25.7 Å². The predicted molar refractivity (Wildman–Crippen MR) is 367 cm³/mol. The lowest BCUT2D eigenvalue weighted by Crippen LogP contribution is -2.50. The summed E-state index contributed by atoms with van der Waals surface area (Å²) in [5.41, 5.74) is 33.2. The van der Waals surface area contributed by atoms with Crippen molar-refractivity contribution in [3.63, 3.8) is 0 Å². The van der Waals surface area contributed by atoms with Gasteiger partial charge < -0.3 is 97.8 Å². The van der Waals surface area contributed by atoms with Crippen molar-refractivity contribution < 1.29 is 53.4 Å². The molecule has 0 radical (unpaired) electrons. The van der Waals surface area contributed by atoms with Crippen molar-refractivity contribution in [1.82, 2.24) is 53.2 Å². The van der Waals surface area contributed by atoms with Crippen LogP contribution < -0.4 is 87.6 Å². The van der Waals surface area contributed by atoms with Gasteiger partial charge in [0.1, 0.15) is 6.04 Å². The molecule has 0 rings (SSSR count). The van der Waals surface area contributed by atoms with Gasteiger partial charge in [0.25, 0.3) is 0 Å². The summed E-state index contributed by atoms with van der Waals surface area (Å²) in [6.07, 6.45) is 15.4. The highest BCUT2D eigenvalue weighted by Crippen LogP contribution is 2.22. The van der Waals surface area contributed by atoms with Crippen molar-refractivity contribution in [1.29, 1.82) is 27.0 Å². The first-order valence-electron chi connectivity index (χ1n) is 34.2. The molecule has 544 valence electrons. The van der Waals surface area contributed by atoms with Crippen LogP contribution in [0.1, 0.15) is 206 Å². The van der Waals surface area contributed by atoms with Gasteiger partial charge in [-0.3, -0.25) is 70.2 Å². The number of rotatable bonds is 60. The van der Waals surface area contributed by atoms with Gasteiger partial charge in [-0.2, -0.15) is 0 Å². The lowest BCUT2D eigenvalue weighted by Gasteiger charge is -2.26. The topological polar surface area (TPSA) is 590 Å². The minimum absolute atomic E-state index is 0.0526. The highest BCUT2D eigenvalue weighted by atomic mass is 16.3. The smallest absolute Gasteiger partial charge is 0.226 e. The molecule has 8 atom stereocenters. The van der Waals surface area contributed by atoms with Gasteiger partial charge in [-0.15, -0.1) is 0 Å². The summed E-state index contributed by atoms with van der Waals surface area (Å²) >= 11 is 0. The van der Waals surface area contributed by atoms with Gasteiger partial charge in [0.15, 0.2) is 52.9 Å². The zero-order valence-electron chi connectivity index (χ0n) is 56.7. The Morgan fingerprint density at radius 1 is 0.347 bits per heavy atom. The largest absolute Gasteiger partial charge is 0.396 e. The van der Waals surface area contributed by atoms with Crippen molar-refractivity contribution in [2.24, 2.45) is 58.1 Å². The second-order valence-corrected chi connectivity index (χ2v) is 24.4. The fourth-order valence-corrected chi connectivity index (χ4v) is 10.8. The second kappa shape index (κ2) is 54.5. The first kappa shape index (κ1) is 87.3. The molecule has 0 aliphatic rings. The molecular formula is C63H121N21O11. The Bertz CT molecular complexity index is 2350. The van der Waals surface area contributed by atoms with Crippen LogP contribution in [-0.2, 0) is 43.2 Å². The minimum atomic E-state index is -1.65. The van der Waals surface area contributed by atoms with Gasteiger partial charge in [-0.1, -0.05) is 90.4 Å². The number of hydrogen-bond donors (Lipinski definition) is 23. The monoisotopic (exact) mass is 1350 g/mol. The Hall–Kier alpha value is -7.74. The lowest BCUT2D eigenvalue weighted by atomic mass is 9.88. The van der Waals surface area contributed by atoms with E-state index in [-0.39, 0.29) is 146 Å². The van der Waals surface area contributed by atoms with E-state index in [2.05, 4.69) is 60.1 Å². The van der Waals surface area contributed by atoms with Gasteiger partial charge in [0.2, 0.25) is 29.5 Å². The summed E-state index contributed by atoms with van der Waals surface area (Å²) in [5, 5.41) is 85.3. The van der Waals surface area contributed by atoms with Crippen molar-refractivity contribution >= 4 is 82.5 Å². The number of hydrogen-bond acceptors (Lipinski definition) is 17. The van der Waals surface area contributed by atoms with Crippen molar-refractivity contribution in [3.05, 3.63) is 0 Å². The van der Waals surface area contributed by atoms with Gasteiger partial charge in [0.05, 0.1) is 37.3 Å². The van der Waals surface area contributed by atoms with Crippen LogP contribution in [0.15, 0.2) is 0 Å². The summed E-state index contributed by atoms with van der Waals surface area (Å²) in [6.45, 7) is 1.44. The van der Waals surface area contributed by atoms with Crippen LogP contribution in [0.3, 0.4) is 0 Å². The number of carbonyl (C=O) groups is 9. The molecule has 0 heterocycles. The SMILES string of the molecule is CCCCCCCCCCCCCCCC(=O)N[C@@H](CCCNC(=N)N)C(=O)C[C@@H](CO)C(=O)NC(CO)C(=O)CC(CCCNC(=N)N)C(=O)N[C@@H](CCCNC(=N)N)C(=O)C[C@@H](CCCCN)C(=O)N[C@@H](CCCNC(=N)N)C(=O)C[C@@H](CCCNC(=N)N)C(=O)NC. The molecule has 0 aromatic heterocycles. The summed E-state index contributed by atoms with van der Waals surface area (Å²) in [5.74, 6) is -11.9. The molecule has 0 aromatic carbocycles. The third kappa shape index (κ3) is 44.5. The molecule has 0 saturated carbocycles. The van der Waals surface area contributed by atoms with Gasteiger partial charge in [-0.05, 0) is 90.0 Å². The molecule has 0 fully saturated rings. The highest BCUT2D eigenvalue weighted by Gasteiger charge is 2.35. The van der Waals surface area contributed by atoms with E-state index < -0.39 is 127 Å². The van der Waals surface area contributed by atoms with E-state index >= 15 is 0 Å². The van der Waals surface area contributed by atoms with Crippen LogP contribution in [0, 0.1) is 50.7 Å². The van der Waals surface area contributed by atoms with Crippen molar-refractivity contribution in [2.75, 3.05) is 59.5 Å². The average Bonchev–Trinajstić information content (AvgIpc) is 1.01. The Labute approximate surface area is 561 Å². The van der Waals surface area contributed by atoms with Gasteiger partial charge in [-0.25, -0.2) is 0 Å². The van der Waals surface area contributed by atoms with Gasteiger partial charge >= 0.3 is 0 Å². The number of aliphatic hydroxyl groups is 2. The van der Waals surface area contributed by atoms with E-state index in [4.69, 9.17) is 61.4 Å². The number of nitrogens with one attached hydrogen (secondary N) is 15. The number of nitrogens with two attached hydrogens (primary N) is 6. The standard InChI is InChI=1S/C63H121N21O11/c1-3-4-5-6-7-8-9-10-11-12-13-14-15-29-54(91)81-46(26-20-33-78-61(69)70)52(89)39-45(40-85)58(95)84-49(41-86)53(90)38-44(25-19-32-77-60(67)68)57(94)83-48(28-22-35-80-63(73)74)51(88)37-43(23-16-17-30-64)56(93)82-47(27-21-34-79-62(71)72)50(87)36-42(55(92)75-2)24-18-31-76-59(65)66/h42-49,85-86H,3-41,64H2,1-2H3,(H,75,92)(H,81,91)(H,82,93)(H,83,94)(H,84,95)(H4,65,66,76)(H4,67,68,77)(H4,69,70,78)(H4,71,72,79)(H4,73,74,80)/t42-,43-,44?,45+,46+,47+,48+,49?/m1/s1. The Balaban J connectivity index is 6.69. The zero-order valence-corrected chi connectivity index (χ0v) is 56.7. The van der Waals surface area contributed by atoms with E-state index in [1.165, 1.54) is 58.4 Å². The predicted octanol–water partition coefficient (Wildman–Crippen LogP) is -0.116. The van der Waals surface area contributed by atoms with E-state index in [0.29, 0.717) is 32.1 Å². The maximum Gasteiger partial charge on any atom is 0.226 e. The summed E-state index contributed by atoms with van der Waals surface area (Å²) in [7, 11) is 1.42. The summed E-state index contributed by atoms with van der Waals surface area (Å²) in [6, 6.07) is -5.20. The number of aliphatic hydroxyl groups excluding tert-OH is 2. The first-order chi connectivity index (χ1) is 45.3. The fourth-order valence-electron chi connectivity index (χ4n) is 10.8. The van der Waals surface area contributed by atoms with Crippen molar-refractivity contribution in [2.45, 2.75) is 230 Å². The second-order valence-electron chi connectivity index (χ2n) is 24.4. The Kier molecular flexibility index (Phi) is 50.1. The quantitative estimate of drug-likeness (QED) is 0.0214. The molecule has 0 bridgehead atoms. The molecule has 0 spiro atoms. The maximum atomic E-state index is 14.6. The van der Waals surface area contributed by atoms with Crippen LogP contribution in [0.2, 0.25) is 0 Å². The van der Waals surface area contributed by atoms with E-state index in [9.17, 15) is 53.4 Å². The molecule has 2 unspecified atom stereocenters. The van der Waals surface area contributed by atoms with Crippen LogP contribution in [0.5, 0.6) is 0 Å². The van der Waals surface area contributed by atoms with Crippen LogP contribution >= 0.6 is 0 Å². The number of amides is 5. The maximum absolute atomic E-state index is 14.6. The molecule has 32 nitrogen and oxygen atoms in total. The molecular weight excluding hydrogens is 1230 g/mol. The molecule has 0 saturated heterocycles. The van der Waals surface area contributed by atoms with Gasteiger partial charge in [0, 0.05) is 89.6 Å².